The molecule has 0 unspecified atom stereocenters. The predicted octanol–water partition coefficient (Wildman–Crippen LogP) is 7.31. The Morgan fingerprint density at radius 3 is 2.41 bits per heavy atom. The van der Waals surface area contributed by atoms with E-state index >= 15 is 0 Å². The third kappa shape index (κ3) is 6.42. The number of carbonyl (C=O) groups is 2. The normalized spacial score (nSPS) is 14.4. The highest BCUT2D eigenvalue weighted by molar-refractivity contribution is 8.18. The van der Waals surface area contributed by atoms with Crippen LogP contribution in [0.25, 0.3) is 6.08 Å². The molecule has 3 aromatic carbocycles. The van der Waals surface area contributed by atoms with Crippen LogP contribution in [0.4, 0.5) is 4.79 Å². The maximum Gasteiger partial charge on any atom is 0.293 e. The zero-order valence-corrected chi connectivity index (χ0v) is 22.9. The van der Waals surface area contributed by atoms with E-state index in [-0.39, 0.29) is 30.9 Å². The molecule has 1 aliphatic heterocycles. The van der Waals surface area contributed by atoms with Gasteiger partial charge < -0.3 is 14.2 Å². The Balaban J connectivity index is 1.42. The Morgan fingerprint density at radius 1 is 0.919 bits per heavy atom. The van der Waals surface area contributed by atoms with Crippen molar-refractivity contribution < 1.29 is 23.8 Å². The average molecular weight is 558 g/mol. The van der Waals surface area contributed by atoms with Crippen molar-refractivity contribution in [2.45, 2.75) is 20.5 Å². The fraction of sp³-hybridized carbons (Fsp3) is 0.214. The largest absolute Gasteiger partial charge is 0.493 e. The highest BCUT2D eigenvalue weighted by atomic mass is 35.5. The van der Waals surface area contributed by atoms with E-state index in [9.17, 15) is 9.59 Å². The van der Waals surface area contributed by atoms with Crippen LogP contribution in [0.2, 0.25) is 10.0 Å². The third-order valence-electron chi connectivity index (χ3n) is 5.71. The minimum Gasteiger partial charge on any atom is -0.493 e. The number of aryl methyl sites for hydroxylation is 2. The van der Waals surface area contributed by atoms with Gasteiger partial charge in [-0.2, -0.15) is 0 Å². The highest BCUT2D eigenvalue weighted by Crippen LogP contribution is 2.35. The van der Waals surface area contributed by atoms with Crippen LogP contribution in [-0.2, 0) is 11.4 Å². The number of imide groups is 1. The van der Waals surface area contributed by atoms with Gasteiger partial charge in [-0.25, -0.2) is 0 Å². The topological polar surface area (TPSA) is 65.1 Å². The lowest BCUT2D eigenvalue weighted by Gasteiger charge is -2.14. The van der Waals surface area contributed by atoms with Gasteiger partial charge in [0.05, 0.1) is 18.6 Å². The van der Waals surface area contributed by atoms with Crippen molar-refractivity contribution in [1.29, 1.82) is 0 Å². The van der Waals surface area contributed by atoms with Gasteiger partial charge in [-0.05, 0) is 78.7 Å². The molecule has 0 aliphatic carbocycles. The fourth-order valence-corrected chi connectivity index (χ4v) is 5.04. The lowest BCUT2D eigenvalue weighted by Crippen LogP contribution is -2.32. The summed E-state index contributed by atoms with van der Waals surface area (Å²) < 4.78 is 17.2. The van der Waals surface area contributed by atoms with Gasteiger partial charge in [0.1, 0.15) is 19.0 Å². The van der Waals surface area contributed by atoms with Crippen molar-refractivity contribution in [3.8, 4) is 17.2 Å². The molecule has 0 N–H and O–H groups in total. The van der Waals surface area contributed by atoms with Crippen LogP contribution in [0, 0.1) is 13.8 Å². The molecular formula is C28H25Cl2NO5S. The highest BCUT2D eigenvalue weighted by Gasteiger charge is 2.34. The Labute approximate surface area is 230 Å². The molecule has 1 saturated heterocycles. The Morgan fingerprint density at radius 2 is 1.68 bits per heavy atom. The first-order valence-corrected chi connectivity index (χ1v) is 13.0. The molecule has 0 radical (unpaired) electrons. The molecule has 0 atom stereocenters. The first-order valence-electron chi connectivity index (χ1n) is 11.5. The first kappa shape index (κ1) is 26.9. The van der Waals surface area contributed by atoms with E-state index < -0.39 is 0 Å². The summed E-state index contributed by atoms with van der Waals surface area (Å²) in [7, 11) is 1.53. The lowest BCUT2D eigenvalue weighted by molar-refractivity contribution is -0.123. The molecule has 0 aromatic heterocycles. The van der Waals surface area contributed by atoms with E-state index in [0.29, 0.717) is 37.6 Å². The van der Waals surface area contributed by atoms with Crippen molar-refractivity contribution in [2.75, 3.05) is 20.3 Å². The summed E-state index contributed by atoms with van der Waals surface area (Å²) in [4.78, 5) is 26.9. The molecule has 0 bridgehead atoms. The minimum atomic E-state index is -0.354. The van der Waals surface area contributed by atoms with Gasteiger partial charge in [-0.1, -0.05) is 47.5 Å². The number of rotatable bonds is 9. The summed E-state index contributed by atoms with van der Waals surface area (Å²) in [6.07, 6.45) is 1.66. The zero-order valence-electron chi connectivity index (χ0n) is 20.5. The van der Waals surface area contributed by atoms with Crippen LogP contribution < -0.4 is 14.2 Å². The van der Waals surface area contributed by atoms with Gasteiger partial charge >= 0.3 is 0 Å². The number of amides is 2. The number of nitrogens with zero attached hydrogens (tertiary/aromatic N) is 1. The SMILES string of the molecule is COc1cc(/C=C2\SC(=O)N(CCOc3cc(C)ccc3C)C2=O)ccc1OCc1c(Cl)cccc1Cl. The number of carbonyl (C=O) groups excluding carboxylic acids is 2. The maximum absolute atomic E-state index is 12.9. The molecule has 2 amide bonds. The standard InChI is InChI=1S/C28H25Cl2NO5S/c1-17-7-8-18(2)24(13-17)35-12-11-31-27(32)26(37-28(31)33)15-19-9-10-23(25(14-19)34-3)36-16-20-21(29)5-4-6-22(20)30/h4-10,13-15H,11-12,16H2,1-3H3/b26-15-. The summed E-state index contributed by atoms with van der Waals surface area (Å²) in [5.41, 5.74) is 3.44. The van der Waals surface area contributed by atoms with Crippen molar-refractivity contribution in [2.24, 2.45) is 0 Å². The van der Waals surface area contributed by atoms with Gasteiger partial charge in [0.25, 0.3) is 11.1 Å². The Hall–Kier alpha value is -3.13. The summed E-state index contributed by atoms with van der Waals surface area (Å²) in [6, 6.07) is 16.4. The number of hydrogen-bond donors (Lipinski definition) is 0. The Kier molecular flexibility index (Phi) is 8.69. The summed E-state index contributed by atoms with van der Waals surface area (Å²) in [5, 5.41) is 0.695. The second-order valence-electron chi connectivity index (χ2n) is 8.35. The minimum absolute atomic E-state index is 0.163. The molecule has 9 heteroatoms. The molecule has 0 saturated carbocycles. The van der Waals surface area contributed by atoms with Gasteiger partial charge in [-0.3, -0.25) is 14.5 Å². The fourth-order valence-electron chi connectivity index (χ4n) is 3.67. The number of ether oxygens (including phenoxy) is 3. The lowest BCUT2D eigenvalue weighted by atomic mass is 10.1. The van der Waals surface area contributed by atoms with Crippen molar-refractivity contribution in [1.82, 2.24) is 4.90 Å². The molecule has 1 aliphatic rings. The van der Waals surface area contributed by atoms with Crippen LogP contribution in [0.3, 0.4) is 0 Å². The second kappa shape index (κ2) is 11.9. The van der Waals surface area contributed by atoms with Crippen molar-refractivity contribution in [3.05, 3.63) is 91.8 Å². The molecular weight excluding hydrogens is 533 g/mol. The summed E-state index contributed by atoms with van der Waals surface area (Å²) >= 11 is 13.4. The van der Waals surface area contributed by atoms with Gasteiger partial charge in [0, 0.05) is 15.6 Å². The summed E-state index contributed by atoms with van der Waals surface area (Å²) in [5.74, 6) is 1.35. The smallest absolute Gasteiger partial charge is 0.293 e. The summed E-state index contributed by atoms with van der Waals surface area (Å²) in [6.45, 7) is 4.47. The molecule has 4 rings (SSSR count). The van der Waals surface area contributed by atoms with Gasteiger partial charge in [-0.15, -0.1) is 0 Å². The number of hydrogen-bond acceptors (Lipinski definition) is 6. The molecule has 37 heavy (non-hydrogen) atoms. The van der Waals surface area contributed by atoms with Crippen LogP contribution in [0.15, 0.2) is 59.5 Å². The maximum atomic E-state index is 12.9. The number of benzene rings is 3. The number of thioether (sulfide) groups is 1. The molecule has 3 aromatic rings. The molecule has 6 nitrogen and oxygen atoms in total. The van der Waals surface area contributed by atoms with Gasteiger partial charge in [0.2, 0.25) is 0 Å². The van der Waals surface area contributed by atoms with E-state index in [1.165, 1.54) is 12.0 Å². The van der Waals surface area contributed by atoms with E-state index in [1.54, 1.807) is 42.5 Å². The van der Waals surface area contributed by atoms with E-state index in [1.807, 2.05) is 32.0 Å². The van der Waals surface area contributed by atoms with Crippen LogP contribution >= 0.6 is 35.0 Å². The number of halogens is 2. The quantitative estimate of drug-likeness (QED) is 0.257. The van der Waals surface area contributed by atoms with E-state index in [2.05, 4.69) is 0 Å². The number of methoxy groups -OCH3 is 1. The van der Waals surface area contributed by atoms with E-state index in [4.69, 9.17) is 37.4 Å². The van der Waals surface area contributed by atoms with Crippen LogP contribution in [-0.4, -0.2) is 36.3 Å². The van der Waals surface area contributed by atoms with E-state index in [0.717, 1.165) is 28.6 Å². The first-order chi connectivity index (χ1) is 17.8. The third-order valence-corrected chi connectivity index (χ3v) is 7.32. The Bertz CT molecular complexity index is 1350. The van der Waals surface area contributed by atoms with Gasteiger partial charge in [0.15, 0.2) is 11.5 Å². The average Bonchev–Trinajstić information content (AvgIpc) is 3.13. The molecule has 1 fully saturated rings. The van der Waals surface area contributed by atoms with Crippen molar-refractivity contribution in [3.63, 3.8) is 0 Å². The second-order valence-corrected chi connectivity index (χ2v) is 10.2. The molecule has 0 spiro atoms. The molecule has 1 heterocycles. The van der Waals surface area contributed by atoms with Crippen LogP contribution in [0.5, 0.6) is 17.2 Å². The van der Waals surface area contributed by atoms with Crippen LogP contribution in [0.1, 0.15) is 22.3 Å². The monoisotopic (exact) mass is 557 g/mol. The predicted molar refractivity (Wildman–Crippen MR) is 148 cm³/mol. The molecule has 192 valence electrons. The zero-order chi connectivity index (χ0) is 26.5. The van der Waals surface area contributed by atoms with Crippen molar-refractivity contribution >= 4 is 52.2 Å².